The molecule has 0 radical (unpaired) electrons. The molecule has 0 bridgehead atoms. The number of methoxy groups -OCH3 is 1. The van der Waals surface area contributed by atoms with Gasteiger partial charge in [0, 0.05) is 12.5 Å². The molecule has 0 saturated heterocycles. The van der Waals surface area contributed by atoms with Crippen molar-refractivity contribution in [2.75, 3.05) is 7.11 Å². The van der Waals surface area contributed by atoms with Crippen molar-refractivity contribution in [2.45, 2.75) is 19.8 Å². The van der Waals surface area contributed by atoms with Gasteiger partial charge in [-0.25, -0.2) is 0 Å². The summed E-state index contributed by atoms with van der Waals surface area (Å²) in [5.74, 6) is 0.521. The largest absolute Gasteiger partial charge is 0.495 e. The van der Waals surface area contributed by atoms with Crippen LogP contribution in [0, 0.1) is 11.3 Å². The molecule has 0 aromatic heterocycles. The van der Waals surface area contributed by atoms with Crippen LogP contribution in [0.1, 0.15) is 25.3 Å². The number of hydrogen-bond donors (Lipinski definition) is 0. The number of ether oxygens (including phenoxy) is 2. The van der Waals surface area contributed by atoms with Crippen LogP contribution >= 0.6 is 0 Å². The second-order valence-electron chi connectivity index (χ2n) is 3.20. The van der Waals surface area contributed by atoms with Crippen LogP contribution in [0.2, 0.25) is 0 Å². The lowest BCUT2D eigenvalue weighted by atomic mass is 10.2. The Morgan fingerprint density at radius 3 is 2.81 bits per heavy atom. The highest BCUT2D eigenvalue weighted by Crippen LogP contribution is 2.24. The van der Waals surface area contributed by atoms with Crippen LogP contribution < -0.4 is 9.47 Å². The maximum atomic E-state index is 11.2. The van der Waals surface area contributed by atoms with Gasteiger partial charge in [-0.3, -0.25) is 4.79 Å². The van der Waals surface area contributed by atoms with Gasteiger partial charge >= 0.3 is 5.97 Å². The minimum Gasteiger partial charge on any atom is -0.495 e. The van der Waals surface area contributed by atoms with Gasteiger partial charge < -0.3 is 9.47 Å². The summed E-state index contributed by atoms with van der Waals surface area (Å²) in [6.45, 7) is 1.90. The average molecular weight is 219 g/mol. The quantitative estimate of drug-likeness (QED) is 0.575. The summed E-state index contributed by atoms with van der Waals surface area (Å²) < 4.78 is 10.1. The third kappa shape index (κ3) is 2.99. The first-order chi connectivity index (χ1) is 7.71. The number of esters is 1. The van der Waals surface area contributed by atoms with Gasteiger partial charge in [-0.15, -0.1) is 0 Å². The van der Waals surface area contributed by atoms with Gasteiger partial charge in [0.1, 0.15) is 17.6 Å². The van der Waals surface area contributed by atoms with Crippen LogP contribution in [0.5, 0.6) is 11.5 Å². The van der Waals surface area contributed by atoms with E-state index in [4.69, 9.17) is 14.7 Å². The van der Waals surface area contributed by atoms with Crippen LogP contribution in [0.3, 0.4) is 0 Å². The normalized spacial score (nSPS) is 9.31. The summed E-state index contributed by atoms with van der Waals surface area (Å²) >= 11 is 0. The third-order valence-electron chi connectivity index (χ3n) is 1.98. The summed E-state index contributed by atoms with van der Waals surface area (Å²) in [7, 11) is 1.47. The van der Waals surface area contributed by atoms with E-state index < -0.39 is 0 Å². The Balaban J connectivity index is 2.84. The van der Waals surface area contributed by atoms with Gasteiger partial charge in [0.15, 0.2) is 0 Å². The molecule has 4 heteroatoms. The first kappa shape index (κ1) is 12.1. The van der Waals surface area contributed by atoms with Crippen molar-refractivity contribution in [1.82, 2.24) is 0 Å². The number of carbonyl (C=O) groups excluding carboxylic acids is 1. The van der Waals surface area contributed by atoms with E-state index in [-0.39, 0.29) is 5.97 Å². The molecule has 1 aromatic rings. The van der Waals surface area contributed by atoms with Crippen molar-refractivity contribution >= 4 is 5.97 Å². The Hall–Kier alpha value is -2.02. The molecule has 0 amide bonds. The third-order valence-corrected chi connectivity index (χ3v) is 1.98. The number of carbonyl (C=O) groups is 1. The molecule has 4 nitrogen and oxygen atoms in total. The van der Waals surface area contributed by atoms with Crippen LogP contribution in [0.15, 0.2) is 18.2 Å². The fourth-order valence-electron chi connectivity index (χ4n) is 1.21. The van der Waals surface area contributed by atoms with Gasteiger partial charge in [-0.1, -0.05) is 6.92 Å². The number of benzene rings is 1. The summed E-state index contributed by atoms with van der Waals surface area (Å²) in [6.07, 6.45) is 1.12. The van der Waals surface area contributed by atoms with Crippen molar-refractivity contribution in [3.63, 3.8) is 0 Å². The maximum Gasteiger partial charge on any atom is 0.311 e. The van der Waals surface area contributed by atoms with Gasteiger partial charge in [0.05, 0.1) is 12.7 Å². The van der Waals surface area contributed by atoms with E-state index in [1.54, 1.807) is 12.1 Å². The Morgan fingerprint density at radius 2 is 2.25 bits per heavy atom. The molecule has 0 atom stereocenters. The molecular weight excluding hydrogens is 206 g/mol. The fourth-order valence-corrected chi connectivity index (χ4v) is 1.21. The number of hydrogen-bond acceptors (Lipinski definition) is 4. The van der Waals surface area contributed by atoms with E-state index >= 15 is 0 Å². The lowest BCUT2D eigenvalue weighted by Gasteiger charge is -2.06. The lowest BCUT2D eigenvalue weighted by Crippen LogP contribution is -2.07. The standard InChI is InChI=1S/C12H13NO3/c1-3-4-12(14)16-10-6-5-9(8-13)11(7-10)15-2/h5-7H,3-4H2,1-2H3. The molecule has 1 rings (SSSR count). The summed E-state index contributed by atoms with van der Waals surface area (Å²) in [4.78, 5) is 11.2. The molecule has 0 aliphatic rings. The topological polar surface area (TPSA) is 59.3 Å². The molecule has 0 unspecified atom stereocenters. The van der Waals surface area contributed by atoms with E-state index in [2.05, 4.69) is 0 Å². The zero-order valence-electron chi connectivity index (χ0n) is 9.32. The van der Waals surface area contributed by atoms with E-state index in [0.29, 0.717) is 23.5 Å². The second kappa shape index (κ2) is 5.76. The number of rotatable bonds is 4. The van der Waals surface area contributed by atoms with E-state index in [9.17, 15) is 4.79 Å². The van der Waals surface area contributed by atoms with Crippen LogP contribution in [0.25, 0.3) is 0 Å². The van der Waals surface area contributed by atoms with Crippen LogP contribution in [-0.4, -0.2) is 13.1 Å². The average Bonchev–Trinajstić information content (AvgIpc) is 2.29. The minimum absolute atomic E-state index is 0.283. The van der Waals surface area contributed by atoms with Crippen molar-refractivity contribution in [1.29, 1.82) is 5.26 Å². The smallest absolute Gasteiger partial charge is 0.311 e. The summed E-state index contributed by atoms with van der Waals surface area (Å²) in [6, 6.07) is 6.66. The van der Waals surface area contributed by atoms with Crippen molar-refractivity contribution < 1.29 is 14.3 Å². The predicted octanol–water partition coefficient (Wildman–Crippen LogP) is 2.27. The zero-order valence-corrected chi connectivity index (χ0v) is 9.32. The Kier molecular flexibility index (Phi) is 4.34. The monoisotopic (exact) mass is 219 g/mol. The summed E-state index contributed by atoms with van der Waals surface area (Å²) in [5.41, 5.74) is 0.415. The fraction of sp³-hybridized carbons (Fsp3) is 0.333. The Labute approximate surface area is 94.4 Å². The second-order valence-corrected chi connectivity index (χ2v) is 3.20. The van der Waals surface area contributed by atoms with Gasteiger partial charge in [0.25, 0.3) is 0 Å². The molecular formula is C12H13NO3. The van der Waals surface area contributed by atoms with Crippen molar-refractivity contribution in [3.8, 4) is 17.6 Å². The zero-order chi connectivity index (χ0) is 12.0. The molecule has 0 aliphatic carbocycles. The summed E-state index contributed by atoms with van der Waals surface area (Å²) in [5, 5.41) is 8.77. The minimum atomic E-state index is -0.283. The highest BCUT2D eigenvalue weighted by Gasteiger charge is 2.07. The van der Waals surface area contributed by atoms with E-state index in [1.807, 2.05) is 13.0 Å². The maximum absolute atomic E-state index is 11.2. The molecule has 84 valence electrons. The predicted molar refractivity (Wildman–Crippen MR) is 58.3 cm³/mol. The van der Waals surface area contributed by atoms with E-state index in [0.717, 1.165) is 6.42 Å². The SMILES string of the molecule is CCCC(=O)Oc1ccc(C#N)c(OC)c1. The van der Waals surface area contributed by atoms with Gasteiger partial charge in [-0.2, -0.15) is 5.26 Å². The lowest BCUT2D eigenvalue weighted by molar-refractivity contribution is -0.134. The molecule has 0 spiro atoms. The van der Waals surface area contributed by atoms with Crippen LogP contribution in [0.4, 0.5) is 0 Å². The Morgan fingerprint density at radius 1 is 1.50 bits per heavy atom. The van der Waals surface area contributed by atoms with E-state index in [1.165, 1.54) is 13.2 Å². The molecule has 0 fully saturated rings. The van der Waals surface area contributed by atoms with Crippen LogP contribution in [-0.2, 0) is 4.79 Å². The Bertz CT molecular complexity index is 421. The highest BCUT2D eigenvalue weighted by atomic mass is 16.5. The van der Waals surface area contributed by atoms with Gasteiger partial charge in [-0.05, 0) is 18.6 Å². The molecule has 1 aromatic carbocycles. The number of nitrogens with zero attached hydrogens (tertiary/aromatic N) is 1. The highest BCUT2D eigenvalue weighted by molar-refractivity contribution is 5.72. The number of nitriles is 1. The molecule has 0 heterocycles. The molecule has 0 N–H and O–H groups in total. The van der Waals surface area contributed by atoms with Crippen molar-refractivity contribution in [3.05, 3.63) is 23.8 Å². The van der Waals surface area contributed by atoms with Crippen molar-refractivity contribution in [2.24, 2.45) is 0 Å². The first-order valence-electron chi connectivity index (χ1n) is 5.00. The molecule has 0 saturated carbocycles. The molecule has 16 heavy (non-hydrogen) atoms. The first-order valence-corrected chi connectivity index (χ1v) is 5.00. The molecule has 0 aliphatic heterocycles. The van der Waals surface area contributed by atoms with Gasteiger partial charge in [0.2, 0.25) is 0 Å².